The Balaban J connectivity index is 1.88. The molecule has 3 aromatic rings. The van der Waals surface area contributed by atoms with Crippen LogP contribution in [0.25, 0.3) is 11.2 Å². The van der Waals surface area contributed by atoms with Crippen molar-refractivity contribution in [3.05, 3.63) is 23.8 Å². The topological polar surface area (TPSA) is 96.3 Å². The Hall–Kier alpha value is -2.64. The number of rotatable bonds is 5. The van der Waals surface area contributed by atoms with E-state index >= 15 is 0 Å². The van der Waals surface area contributed by atoms with E-state index in [1.165, 1.54) is 0 Å². The molecule has 0 amide bonds. The van der Waals surface area contributed by atoms with E-state index in [1.54, 1.807) is 6.33 Å². The average molecular weight is 286 g/mol. The predicted octanol–water partition coefficient (Wildman–Crippen LogP) is 1.44. The van der Waals surface area contributed by atoms with Crippen molar-refractivity contribution >= 4 is 22.9 Å². The lowest BCUT2D eigenvalue weighted by Crippen LogP contribution is -2.07. The predicted molar refractivity (Wildman–Crippen MR) is 81.1 cm³/mol. The van der Waals surface area contributed by atoms with E-state index in [4.69, 9.17) is 0 Å². The molecular weight excluding hydrogens is 268 g/mol. The summed E-state index contributed by atoms with van der Waals surface area (Å²) >= 11 is 0. The highest BCUT2D eigenvalue weighted by Gasteiger charge is 2.10. The molecule has 0 fully saturated rings. The van der Waals surface area contributed by atoms with Crippen LogP contribution in [0.5, 0.6) is 0 Å². The minimum atomic E-state index is 0.572. The van der Waals surface area contributed by atoms with Crippen LogP contribution in [-0.4, -0.2) is 36.3 Å². The summed E-state index contributed by atoms with van der Waals surface area (Å²) in [5.41, 5.74) is 3.59. The lowest BCUT2D eigenvalue weighted by atomic mass is 10.2. The van der Waals surface area contributed by atoms with E-state index in [9.17, 15) is 0 Å². The highest BCUT2D eigenvalue weighted by Crippen LogP contribution is 2.19. The van der Waals surface area contributed by atoms with Crippen molar-refractivity contribution in [2.45, 2.75) is 20.4 Å². The molecule has 3 rings (SSSR count). The summed E-state index contributed by atoms with van der Waals surface area (Å²) in [5, 5.41) is 10.8. The van der Waals surface area contributed by atoms with Crippen LogP contribution in [0.15, 0.2) is 12.5 Å². The summed E-state index contributed by atoms with van der Waals surface area (Å²) in [4.78, 5) is 16.1. The van der Waals surface area contributed by atoms with Gasteiger partial charge in [-0.3, -0.25) is 4.68 Å². The Kier molecular flexibility index (Phi) is 3.43. The second-order valence-electron chi connectivity index (χ2n) is 4.79. The van der Waals surface area contributed by atoms with Gasteiger partial charge in [-0.1, -0.05) is 0 Å². The molecule has 0 saturated heterocycles. The quantitative estimate of drug-likeness (QED) is 0.656. The minimum absolute atomic E-state index is 0.572. The van der Waals surface area contributed by atoms with Gasteiger partial charge in [0.15, 0.2) is 11.5 Å². The van der Waals surface area contributed by atoms with Crippen LogP contribution in [0.2, 0.25) is 0 Å². The SMILES string of the molecule is CCNc1nc(NCc2cn(C)nc2C)c2[nH]cnc2n1. The molecule has 8 heteroatoms. The summed E-state index contributed by atoms with van der Waals surface area (Å²) in [7, 11) is 1.91. The van der Waals surface area contributed by atoms with Crippen molar-refractivity contribution in [3.63, 3.8) is 0 Å². The number of nitrogens with zero attached hydrogens (tertiary/aromatic N) is 5. The van der Waals surface area contributed by atoms with Gasteiger partial charge >= 0.3 is 0 Å². The summed E-state index contributed by atoms with van der Waals surface area (Å²) < 4.78 is 1.81. The van der Waals surface area contributed by atoms with Gasteiger partial charge < -0.3 is 15.6 Å². The standard InChI is InChI=1S/C13H18N8/c1-4-14-13-18-11(10-12(19-13)17-7-16-10)15-5-9-6-21(3)20-8(9)2/h6-7H,4-5H2,1-3H3,(H3,14,15,16,17,18,19). The summed E-state index contributed by atoms with van der Waals surface area (Å²) in [6.45, 7) is 5.41. The smallest absolute Gasteiger partial charge is 0.226 e. The highest BCUT2D eigenvalue weighted by atomic mass is 15.3. The minimum Gasteiger partial charge on any atom is -0.364 e. The Morgan fingerprint density at radius 1 is 1.29 bits per heavy atom. The molecule has 8 nitrogen and oxygen atoms in total. The highest BCUT2D eigenvalue weighted by molar-refractivity contribution is 5.83. The fourth-order valence-corrected chi connectivity index (χ4v) is 2.20. The third-order valence-corrected chi connectivity index (χ3v) is 3.18. The zero-order valence-corrected chi connectivity index (χ0v) is 12.3. The van der Waals surface area contributed by atoms with Crippen molar-refractivity contribution in [1.29, 1.82) is 0 Å². The number of H-pyrrole nitrogens is 1. The van der Waals surface area contributed by atoms with Crippen LogP contribution in [0.1, 0.15) is 18.2 Å². The first-order valence-electron chi connectivity index (χ1n) is 6.85. The van der Waals surface area contributed by atoms with Gasteiger partial charge in [0.05, 0.1) is 12.0 Å². The van der Waals surface area contributed by atoms with Gasteiger partial charge in [-0.15, -0.1) is 0 Å². The Morgan fingerprint density at radius 2 is 2.14 bits per heavy atom. The number of fused-ring (bicyclic) bond motifs is 1. The van der Waals surface area contributed by atoms with Crippen LogP contribution in [0.3, 0.4) is 0 Å². The van der Waals surface area contributed by atoms with Gasteiger partial charge in [0.1, 0.15) is 5.52 Å². The largest absolute Gasteiger partial charge is 0.364 e. The number of hydrogen-bond acceptors (Lipinski definition) is 6. The van der Waals surface area contributed by atoms with E-state index in [0.717, 1.165) is 29.1 Å². The fraction of sp³-hybridized carbons (Fsp3) is 0.385. The molecule has 0 spiro atoms. The third-order valence-electron chi connectivity index (χ3n) is 3.18. The van der Waals surface area contributed by atoms with Crippen LogP contribution >= 0.6 is 0 Å². The zero-order valence-electron chi connectivity index (χ0n) is 12.3. The summed E-state index contributed by atoms with van der Waals surface area (Å²) in [5.74, 6) is 1.30. The molecule has 0 unspecified atom stereocenters. The van der Waals surface area contributed by atoms with Crippen molar-refractivity contribution in [2.24, 2.45) is 7.05 Å². The Bertz CT molecular complexity index is 757. The lowest BCUT2D eigenvalue weighted by Gasteiger charge is -2.08. The zero-order chi connectivity index (χ0) is 14.8. The van der Waals surface area contributed by atoms with Gasteiger partial charge in [0.2, 0.25) is 5.95 Å². The van der Waals surface area contributed by atoms with Crippen molar-refractivity contribution in [1.82, 2.24) is 29.7 Å². The molecule has 0 atom stereocenters. The number of nitrogens with one attached hydrogen (secondary N) is 3. The molecule has 110 valence electrons. The maximum Gasteiger partial charge on any atom is 0.226 e. The van der Waals surface area contributed by atoms with Crippen LogP contribution < -0.4 is 10.6 Å². The molecule has 0 bridgehead atoms. The second kappa shape index (κ2) is 5.39. The van der Waals surface area contributed by atoms with E-state index in [1.807, 2.05) is 31.8 Å². The van der Waals surface area contributed by atoms with Gasteiger partial charge in [0.25, 0.3) is 0 Å². The molecule has 0 aliphatic heterocycles. The van der Waals surface area contributed by atoms with Gasteiger partial charge in [0, 0.05) is 31.9 Å². The molecule has 0 saturated carbocycles. The maximum absolute atomic E-state index is 4.48. The third kappa shape index (κ3) is 2.64. The van der Waals surface area contributed by atoms with E-state index in [-0.39, 0.29) is 0 Å². The summed E-state index contributed by atoms with van der Waals surface area (Å²) in [6, 6.07) is 0. The molecule has 0 aliphatic carbocycles. The van der Waals surface area contributed by atoms with Crippen LogP contribution in [0, 0.1) is 6.92 Å². The molecular formula is C13H18N8. The fourth-order valence-electron chi connectivity index (χ4n) is 2.20. The number of anilines is 2. The number of aromatic nitrogens is 6. The number of imidazole rings is 1. The molecule has 3 heterocycles. The van der Waals surface area contributed by atoms with Gasteiger partial charge in [-0.25, -0.2) is 4.98 Å². The number of hydrogen-bond donors (Lipinski definition) is 3. The van der Waals surface area contributed by atoms with Gasteiger partial charge in [-0.2, -0.15) is 15.1 Å². The number of aryl methyl sites for hydroxylation is 2. The molecule has 3 N–H and O–H groups in total. The van der Waals surface area contributed by atoms with E-state index < -0.39 is 0 Å². The second-order valence-corrected chi connectivity index (χ2v) is 4.79. The molecule has 0 aliphatic rings. The monoisotopic (exact) mass is 286 g/mol. The first-order valence-corrected chi connectivity index (χ1v) is 6.85. The molecule has 0 aromatic carbocycles. The molecule has 21 heavy (non-hydrogen) atoms. The van der Waals surface area contributed by atoms with Crippen molar-refractivity contribution in [3.8, 4) is 0 Å². The Morgan fingerprint density at radius 3 is 2.86 bits per heavy atom. The first kappa shape index (κ1) is 13.3. The molecule has 0 radical (unpaired) electrons. The Labute approximate surface area is 122 Å². The van der Waals surface area contributed by atoms with Crippen LogP contribution in [-0.2, 0) is 13.6 Å². The van der Waals surface area contributed by atoms with Crippen molar-refractivity contribution < 1.29 is 0 Å². The maximum atomic E-state index is 4.48. The van der Waals surface area contributed by atoms with Crippen molar-refractivity contribution in [2.75, 3.05) is 17.2 Å². The normalized spacial score (nSPS) is 11.0. The number of aromatic amines is 1. The van der Waals surface area contributed by atoms with E-state index in [2.05, 4.69) is 35.7 Å². The molecule has 3 aromatic heterocycles. The first-order chi connectivity index (χ1) is 10.2. The van der Waals surface area contributed by atoms with Gasteiger partial charge in [-0.05, 0) is 13.8 Å². The van der Waals surface area contributed by atoms with E-state index in [0.29, 0.717) is 18.1 Å². The summed E-state index contributed by atoms with van der Waals surface area (Å²) in [6.07, 6.45) is 3.62. The average Bonchev–Trinajstić information content (AvgIpc) is 3.03. The van der Waals surface area contributed by atoms with Crippen LogP contribution in [0.4, 0.5) is 11.8 Å². The lowest BCUT2D eigenvalue weighted by molar-refractivity contribution is 0.756.